The minimum absolute atomic E-state index is 0.0528. The second kappa shape index (κ2) is 8.47. The average Bonchev–Trinajstić information content (AvgIpc) is 2.63. The number of hydrogen-bond acceptors (Lipinski definition) is 3. The van der Waals surface area contributed by atoms with E-state index in [-0.39, 0.29) is 24.7 Å². The molecule has 25 heavy (non-hydrogen) atoms. The topological polar surface area (TPSA) is 46.6 Å². The van der Waals surface area contributed by atoms with Crippen LogP contribution in [0, 0.1) is 13.8 Å². The largest absolute Gasteiger partial charge is 0.493 e. The van der Waals surface area contributed by atoms with Gasteiger partial charge >= 0.3 is 0 Å². The molecule has 0 radical (unpaired) electrons. The molecule has 4 heteroatoms. The number of carbonyl (C=O) groups is 2. The molecule has 0 aromatic heterocycles. The van der Waals surface area contributed by atoms with Crippen LogP contribution in [0.15, 0.2) is 48.5 Å². The van der Waals surface area contributed by atoms with Gasteiger partial charge in [0.05, 0.1) is 19.1 Å². The summed E-state index contributed by atoms with van der Waals surface area (Å²) in [5.74, 6) is 0.570. The highest BCUT2D eigenvalue weighted by Gasteiger charge is 2.23. The molecule has 0 heterocycles. The molecule has 1 unspecified atom stereocenters. The monoisotopic (exact) mass is 339 g/mol. The number of ketones is 1. The highest BCUT2D eigenvalue weighted by atomic mass is 16.5. The van der Waals surface area contributed by atoms with Crippen LogP contribution >= 0.6 is 0 Å². The van der Waals surface area contributed by atoms with Crippen molar-refractivity contribution < 1.29 is 14.3 Å². The van der Waals surface area contributed by atoms with Gasteiger partial charge in [0.1, 0.15) is 5.75 Å². The molecule has 1 amide bonds. The van der Waals surface area contributed by atoms with E-state index >= 15 is 0 Å². The molecule has 2 aromatic carbocycles. The lowest BCUT2D eigenvalue weighted by Crippen LogP contribution is -2.40. The van der Waals surface area contributed by atoms with E-state index in [4.69, 9.17) is 4.74 Å². The minimum Gasteiger partial charge on any atom is -0.493 e. The lowest BCUT2D eigenvalue weighted by atomic mass is 9.99. The number of carbonyl (C=O) groups excluding carboxylic acids is 2. The molecule has 0 fully saturated rings. The summed E-state index contributed by atoms with van der Waals surface area (Å²) in [4.78, 5) is 26.4. The molecule has 0 N–H and O–H groups in total. The van der Waals surface area contributed by atoms with Gasteiger partial charge in [0.25, 0.3) is 0 Å². The second-order valence-corrected chi connectivity index (χ2v) is 6.26. The van der Waals surface area contributed by atoms with Crippen LogP contribution in [0.1, 0.15) is 34.8 Å². The van der Waals surface area contributed by atoms with Crippen LogP contribution in [0.25, 0.3) is 0 Å². The van der Waals surface area contributed by atoms with Gasteiger partial charge in [0, 0.05) is 12.6 Å². The third kappa shape index (κ3) is 4.92. The maximum atomic E-state index is 12.6. The van der Waals surface area contributed by atoms with Crippen LogP contribution < -0.4 is 4.74 Å². The number of likely N-dealkylation sites (N-methyl/N-ethyl adjacent to an activating group) is 1. The lowest BCUT2D eigenvalue weighted by Gasteiger charge is -2.24. The molecule has 0 aliphatic rings. The van der Waals surface area contributed by atoms with Gasteiger partial charge in [-0.1, -0.05) is 30.3 Å². The summed E-state index contributed by atoms with van der Waals surface area (Å²) in [6, 6.07) is 14.5. The zero-order chi connectivity index (χ0) is 18.4. The Balaban J connectivity index is 1.91. The maximum Gasteiger partial charge on any atom is 0.226 e. The summed E-state index contributed by atoms with van der Waals surface area (Å²) in [5, 5.41) is 0. The number of ether oxygens (including phenoxy) is 1. The molecular weight excluding hydrogens is 314 g/mol. The standard InChI is InChI=1S/C21H25NO3/c1-15-10-11-18(14-16(15)2)21(24)17(3)22(4)20(23)12-13-25-19-8-6-5-7-9-19/h5-11,14,17H,12-13H2,1-4H3. The number of nitrogens with zero attached hydrogens (tertiary/aromatic N) is 1. The van der Waals surface area contributed by atoms with Crippen molar-refractivity contribution in [1.82, 2.24) is 4.90 Å². The van der Waals surface area contributed by atoms with E-state index < -0.39 is 6.04 Å². The predicted molar refractivity (Wildman–Crippen MR) is 99.0 cm³/mol. The molecule has 4 nitrogen and oxygen atoms in total. The molecule has 2 rings (SSSR count). The van der Waals surface area contributed by atoms with Crippen molar-refractivity contribution in [3.63, 3.8) is 0 Å². The van der Waals surface area contributed by atoms with Crippen LogP contribution in [-0.2, 0) is 4.79 Å². The summed E-state index contributed by atoms with van der Waals surface area (Å²) in [6.07, 6.45) is 0.232. The number of Topliss-reactive ketones (excluding diaryl/α,β-unsaturated/α-hetero) is 1. The Labute approximate surface area is 149 Å². The average molecular weight is 339 g/mol. The van der Waals surface area contributed by atoms with Crippen molar-refractivity contribution in [3.05, 3.63) is 65.2 Å². The Morgan fingerprint density at radius 2 is 1.72 bits per heavy atom. The quantitative estimate of drug-likeness (QED) is 0.721. The van der Waals surface area contributed by atoms with Gasteiger partial charge < -0.3 is 9.64 Å². The molecule has 2 aromatic rings. The first-order chi connectivity index (χ1) is 11.9. The maximum absolute atomic E-state index is 12.6. The SMILES string of the molecule is Cc1ccc(C(=O)C(C)N(C)C(=O)CCOc2ccccc2)cc1C. The molecule has 0 aliphatic carbocycles. The number of benzene rings is 2. The van der Waals surface area contributed by atoms with Gasteiger partial charge in [0.15, 0.2) is 5.78 Å². The minimum atomic E-state index is -0.508. The fourth-order valence-electron chi connectivity index (χ4n) is 2.48. The summed E-state index contributed by atoms with van der Waals surface area (Å²) >= 11 is 0. The van der Waals surface area contributed by atoms with Crippen molar-refractivity contribution in [2.24, 2.45) is 0 Å². The third-order valence-corrected chi connectivity index (χ3v) is 4.47. The van der Waals surface area contributed by atoms with E-state index in [1.807, 2.05) is 62.4 Å². The van der Waals surface area contributed by atoms with Gasteiger partial charge in [-0.15, -0.1) is 0 Å². The van der Waals surface area contributed by atoms with Gasteiger partial charge in [-0.2, -0.15) is 0 Å². The van der Waals surface area contributed by atoms with Gasteiger partial charge in [-0.3, -0.25) is 9.59 Å². The van der Waals surface area contributed by atoms with E-state index in [9.17, 15) is 9.59 Å². The Kier molecular flexibility index (Phi) is 6.34. The van der Waals surface area contributed by atoms with Crippen molar-refractivity contribution >= 4 is 11.7 Å². The highest BCUT2D eigenvalue weighted by Crippen LogP contribution is 2.14. The van der Waals surface area contributed by atoms with Crippen LogP contribution in [0.3, 0.4) is 0 Å². The van der Waals surface area contributed by atoms with Crippen LogP contribution in [0.4, 0.5) is 0 Å². The predicted octanol–water partition coefficient (Wildman–Crippen LogP) is 3.80. The van der Waals surface area contributed by atoms with E-state index in [0.717, 1.165) is 16.9 Å². The second-order valence-electron chi connectivity index (χ2n) is 6.26. The van der Waals surface area contributed by atoms with Crippen molar-refractivity contribution in [3.8, 4) is 5.75 Å². The van der Waals surface area contributed by atoms with E-state index in [2.05, 4.69) is 0 Å². The Bertz CT molecular complexity index is 740. The highest BCUT2D eigenvalue weighted by molar-refractivity contribution is 6.01. The van der Waals surface area contributed by atoms with Crippen molar-refractivity contribution in [1.29, 1.82) is 0 Å². The fraction of sp³-hybridized carbons (Fsp3) is 0.333. The third-order valence-electron chi connectivity index (χ3n) is 4.47. The molecular formula is C21H25NO3. The van der Waals surface area contributed by atoms with Gasteiger partial charge in [0.2, 0.25) is 5.91 Å². The Morgan fingerprint density at radius 1 is 1.04 bits per heavy atom. The van der Waals surface area contributed by atoms with E-state index in [1.165, 1.54) is 4.90 Å². The van der Waals surface area contributed by atoms with Gasteiger partial charge in [-0.05, 0) is 50.1 Å². The van der Waals surface area contributed by atoms with Crippen molar-refractivity contribution in [2.75, 3.05) is 13.7 Å². The first-order valence-corrected chi connectivity index (χ1v) is 8.45. The normalized spacial score (nSPS) is 11.7. The number of rotatable bonds is 7. The number of hydrogen-bond donors (Lipinski definition) is 0. The van der Waals surface area contributed by atoms with E-state index in [1.54, 1.807) is 14.0 Å². The molecule has 132 valence electrons. The summed E-state index contributed by atoms with van der Waals surface area (Å²) < 4.78 is 5.55. The zero-order valence-electron chi connectivity index (χ0n) is 15.3. The number of amides is 1. The molecule has 0 bridgehead atoms. The van der Waals surface area contributed by atoms with Crippen LogP contribution in [0.5, 0.6) is 5.75 Å². The summed E-state index contributed by atoms with van der Waals surface area (Å²) in [6.45, 7) is 6.03. The molecule has 0 saturated heterocycles. The number of para-hydroxylation sites is 1. The first kappa shape index (κ1) is 18.7. The van der Waals surface area contributed by atoms with Crippen LogP contribution in [-0.4, -0.2) is 36.3 Å². The Hall–Kier alpha value is -2.62. The molecule has 0 saturated carbocycles. The smallest absolute Gasteiger partial charge is 0.226 e. The molecule has 1 atom stereocenters. The number of aryl methyl sites for hydroxylation is 2. The van der Waals surface area contributed by atoms with Crippen molar-refractivity contribution in [2.45, 2.75) is 33.2 Å². The Morgan fingerprint density at radius 3 is 2.36 bits per heavy atom. The molecule has 0 spiro atoms. The summed E-state index contributed by atoms with van der Waals surface area (Å²) in [7, 11) is 1.66. The summed E-state index contributed by atoms with van der Waals surface area (Å²) in [5.41, 5.74) is 2.85. The zero-order valence-corrected chi connectivity index (χ0v) is 15.3. The molecule has 0 aliphatic heterocycles. The van der Waals surface area contributed by atoms with E-state index in [0.29, 0.717) is 5.56 Å². The van der Waals surface area contributed by atoms with Gasteiger partial charge in [-0.25, -0.2) is 0 Å². The van der Waals surface area contributed by atoms with Crippen LogP contribution in [0.2, 0.25) is 0 Å². The first-order valence-electron chi connectivity index (χ1n) is 8.45. The fourth-order valence-corrected chi connectivity index (χ4v) is 2.48. The lowest BCUT2D eigenvalue weighted by molar-refractivity contribution is -0.131.